The summed E-state index contributed by atoms with van der Waals surface area (Å²) >= 11 is 6.94. The third-order valence-corrected chi connectivity index (χ3v) is 3.41. The van der Waals surface area contributed by atoms with Crippen molar-refractivity contribution >= 4 is 34.4 Å². The summed E-state index contributed by atoms with van der Waals surface area (Å²) in [6.45, 7) is 1.22. The number of carbonyl (C=O) groups excluding carboxylic acids is 1. The molecule has 1 N–H and O–H groups in total. The maximum atomic E-state index is 11.2. The highest BCUT2D eigenvalue weighted by Gasteiger charge is 2.34. The molecule has 0 spiro atoms. The Labute approximate surface area is 84.3 Å². The Morgan fingerprint density at radius 3 is 3.08 bits per heavy atom. The van der Waals surface area contributed by atoms with Crippen LogP contribution in [-0.2, 0) is 4.79 Å². The first kappa shape index (κ1) is 9.05. The molecule has 0 aromatic heterocycles. The van der Waals surface area contributed by atoms with Crippen molar-refractivity contribution in [1.82, 2.24) is 4.42 Å². The van der Waals surface area contributed by atoms with E-state index in [0.29, 0.717) is 6.54 Å². The minimum absolute atomic E-state index is 0.158. The zero-order chi connectivity index (χ0) is 9.42. The molecular weight excluding hydrogens is 212 g/mol. The van der Waals surface area contributed by atoms with Gasteiger partial charge in [-0.2, -0.15) is 0 Å². The third-order valence-electron chi connectivity index (χ3n) is 2.04. The maximum Gasteiger partial charge on any atom is 0.245 e. The Hall–Kier alpha value is -0.520. The zero-order valence-corrected chi connectivity index (χ0v) is 8.23. The summed E-state index contributed by atoms with van der Waals surface area (Å²) < 4.78 is 1.59. The molecule has 0 bridgehead atoms. The lowest BCUT2D eigenvalue weighted by Crippen LogP contribution is -2.25. The Morgan fingerprint density at radius 2 is 2.38 bits per heavy atom. The van der Waals surface area contributed by atoms with E-state index in [4.69, 9.17) is 17.0 Å². The molecule has 2 aliphatic heterocycles. The number of oxime groups is 1. The van der Waals surface area contributed by atoms with Gasteiger partial charge in [0.2, 0.25) is 5.12 Å². The lowest BCUT2D eigenvalue weighted by Gasteiger charge is -2.19. The summed E-state index contributed by atoms with van der Waals surface area (Å²) in [5.41, 5.74) is 0.934. The first-order valence-corrected chi connectivity index (χ1v) is 4.95. The highest BCUT2D eigenvalue weighted by atomic mass is 35.5. The molecule has 0 atom stereocenters. The molecule has 0 radical (unpaired) electrons. The summed E-state index contributed by atoms with van der Waals surface area (Å²) in [6.07, 6.45) is 0.758. The average Bonchev–Trinajstić information content (AvgIpc) is 2.40. The summed E-state index contributed by atoms with van der Waals surface area (Å²) in [7, 11) is 0. The van der Waals surface area contributed by atoms with E-state index < -0.39 is 0 Å². The van der Waals surface area contributed by atoms with Gasteiger partial charge in [-0.05, 0) is 30.0 Å². The Balaban J connectivity index is 2.34. The van der Waals surface area contributed by atoms with E-state index in [-0.39, 0.29) is 10.8 Å². The van der Waals surface area contributed by atoms with Gasteiger partial charge in [0, 0.05) is 23.6 Å². The lowest BCUT2D eigenvalue weighted by atomic mass is 10.1. The van der Waals surface area contributed by atoms with Crippen molar-refractivity contribution in [3.63, 3.8) is 0 Å². The number of carbonyl (C=O) groups is 1. The fraction of sp³-hybridized carbons (Fsp3) is 0.429. The molecule has 0 unspecified atom stereocenters. The predicted molar refractivity (Wildman–Crippen MR) is 50.9 cm³/mol. The van der Waals surface area contributed by atoms with Gasteiger partial charge in [-0.1, -0.05) is 5.16 Å². The molecule has 6 heteroatoms. The van der Waals surface area contributed by atoms with Crippen LogP contribution >= 0.6 is 23.5 Å². The second-order valence-electron chi connectivity index (χ2n) is 2.83. The second kappa shape index (κ2) is 3.32. The molecule has 4 nitrogen and oxygen atoms in total. The van der Waals surface area contributed by atoms with Crippen LogP contribution in [-0.4, -0.2) is 33.5 Å². The molecule has 2 heterocycles. The smallest absolute Gasteiger partial charge is 0.245 e. The van der Waals surface area contributed by atoms with Crippen molar-refractivity contribution in [1.29, 1.82) is 0 Å². The van der Waals surface area contributed by atoms with Crippen LogP contribution in [0, 0.1) is 0 Å². The van der Waals surface area contributed by atoms with E-state index in [2.05, 4.69) is 5.16 Å². The van der Waals surface area contributed by atoms with Gasteiger partial charge in [0.05, 0.1) is 0 Å². The van der Waals surface area contributed by atoms with Gasteiger partial charge in [0.15, 0.2) is 5.71 Å². The SMILES string of the molecule is O=C1SC2=C(CN(Cl)CC2)C1=NO. The van der Waals surface area contributed by atoms with Gasteiger partial charge in [-0.15, -0.1) is 0 Å². The molecule has 0 aromatic rings. The molecule has 0 fully saturated rings. The van der Waals surface area contributed by atoms with Crippen LogP contribution in [0.2, 0.25) is 0 Å². The molecule has 0 saturated heterocycles. The highest BCUT2D eigenvalue weighted by Crippen LogP contribution is 2.37. The Morgan fingerprint density at radius 1 is 1.62 bits per heavy atom. The van der Waals surface area contributed by atoms with Crippen LogP contribution in [0.15, 0.2) is 15.6 Å². The van der Waals surface area contributed by atoms with Crippen LogP contribution < -0.4 is 0 Å². The maximum absolute atomic E-state index is 11.2. The summed E-state index contributed by atoms with van der Waals surface area (Å²) in [5.74, 6) is 0. The molecule has 13 heavy (non-hydrogen) atoms. The van der Waals surface area contributed by atoms with E-state index in [9.17, 15) is 4.79 Å². The van der Waals surface area contributed by atoms with Crippen LogP contribution in [0.25, 0.3) is 0 Å². The van der Waals surface area contributed by atoms with Gasteiger partial charge < -0.3 is 5.21 Å². The van der Waals surface area contributed by atoms with Crippen molar-refractivity contribution in [2.75, 3.05) is 13.1 Å². The van der Waals surface area contributed by atoms with Gasteiger partial charge in [0.25, 0.3) is 0 Å². The van der Waals surface area contributed by atoms with Crippen LogP contribution in [0.4, 0.5) is 0 Å². The topological polar surface area (TPSA) is 52.9 Å². The molecule has 0 saturated carbocycles. The normalized spacial score (nSPS) is 27.2. The van der Waals surface area contributed by atoms with E-state index in [1.54, 1.807) is 4.42 Å². The Kier molecular flexibility index (Phi) is 2.31. The van der Waals surface area contributed by atoms with E-state index in [1.165, 1.54) is 0 Å². The summed E-state index contributed by atoms with van der Waals surface area (Å²) in [4.78, 5) is 12.2. The van der Waals surface area contributed by atoms with Crippen LogP contribution in [0.5, 0.6) is 0 Å². The van der Waals surface area contributed by atoms with Crippen molar-refractivity contribution in [3.8, 4) is 0 Å². The minimum atomic E-state index is -0.181. The molecule has 0 aliphatic carbocycles. The first-order valence-electron chi connectivity index (χ1n) is 3.79. The van der Waals surface area contributed by atoms with Crippen LogP contribution in [0.3, 0.4) is 0 Å². The number of hydrogen-bond donors (Lipinski definition) is 1. The third kappa shape index (κ3) is 1.47. The molecule has 2 rings (SSSR count). The largest absolute Gasteiger partial charge is 0.410 e. The van der Waals surface area contributed by atoms with Crippen molar-refractivity contribution in [2.24, 2.45) is 5.16 Å². The summed E-state index contributed by atoms with van der Waals surface area (Å²) in [6, 6.07) is 0. The van der Waals surface area contributed by atoms with E-state index in [0.717, 1.165) is 35.2 Å². The van der Waals surface area contributed by atoms with Crippen LogP contribution in [0.1, 0.15) is 6.42 Å². The van der Waals surface area contributed by atoms with Gasteiger partial charge >= 0.3 is 0 Å². The molecular formula is C7H7ClN2O2S. The van der Waals surface area contributed by atoms with E-state index >= 15 is 0 Å². The number of hydrogen-bond acceptors (Lipinski definition) is 5. The van der Waals surface area contributed by atoms with Gasteiger partial charge in [-0.3, -0.25) is 4.79 Å². The highest BCUT2D eigenvalue weighted by molar-refractivity contribution is 8.19. The van der Waals surface area contributed by atoms with Crippen molar-refractivity contribution < 1.29 is 10.0 Å². The van der Waals surface area contributed by atoms with Crippen molar-refractivity contribution in [2.45, 2.75) is 6.42 Å². The predicted octanol–water partition coefficient (Wildman–Crippen LogP) is 1.20. The standard InChI is InChI=1S/C7H7ClN2O2S/c8-10-2-1-5-4(3-10)6(9-12)7(11)13-5/h12H,1-3H2. The second-order valence-corrected chi connectivity index (χ2v) is 4.38. The van der Waals surface area contributed by atoms with E-state index in [1.807, 2.05) is 0 Å². The average molecular weight is 219 g/mol. The lowest BCUT2D eigenvalue weighted by molar-refractivity contribution is -0.105. The monoisotopic (exact) mass is 218 g/mol. The molecule has 70 valence electrons. The number of thioether (sulfide) groups is 1. The number of nitrogens with zero attached hydrogens (tertiary/aromatic N) is 2. The fourth-order valence-electron chi connectivity index (χ4n) is 1.42. The zero-order valence-electron chi connectivity index (χ0n) is 6.66. The minimum Gasteiger partial charge on any atom is -0.410 e. The molecule has 0 aromatic carbocycles. The first-order chi connectivity index (χ1) is 6.22. The fourth-order valence-corrected chi connectivity index (χ4v) is 2.58. The number of halogens is 1. The molecule has 2 aliphatic rings. The van der Waals surface area contributed by atoms with Gasteiger partial charge in [-0.25, -0.2) is 4.42 Å². The number of rotatable bonds is 0. The Bertz CT molecular complexity index is 326. The summed E-state index contributed by atoms with van der Waals surface area (Å²) in [5, 5.41) is 11.4. The van der Waals surface area contributed by atoms with Crippen molar-refractivity contribution in [3.05, 3.63) is 10.5 Å². The molecule has 0 amide bonds. The quantitative estimate of drug-likeness (QED) is 0.377. The van der Waals surface area contributed by atoms with Gasteiger partial charge in [0.1, 0.15) is 0 Å².